The maximum atomic E-state index is 13.0. The number of amides is 1. The Bertz CT molecular complexity index is 1290. The Morgan fingerprint density at radius 1 is 0.418 bits per heavy atom. The summed E-state index contributed by atoms with van der Waals surface area (Å²) in [6, 6.07) is -0.844. The summed E-state index contributed by atoms with van der Waals surface area (Å²) in [4.78, 5) is 23.4. The summed E-state index contributed by atoms with van der Waals surface area (Å²) in [5.74, 6) is -0.167. The van der Waals surface area contributed by atoms with Crippen molar-refractivity contribution in [2.75, 3.05) is 40.9 Å². The molecule has 0 heterocycles. The van der Waals surface area contributed by atoms with Gasteiger partial charge in [-0.1, -0.05) is 366 Å². The number of hydrogen-bond acceptors (Lipinski definition) is 5. The van der Waals surface area contributed by atoms with E-state index in [1.807, 2.05) is 27.2 Å². The highest BCUT2D eigenvalue weighted by molar-refractivity contribution is 7.47. The van der Waals surface area contributed by atoms with Crippen LogP contribution < -0.4 is 5.32 Å². The van der Waals surface area contributed by atoms with E-state index in [4.69, 9.17) is 9.05 Å². The van der Waals surface area contributed by atoms with Crippen molar-refractivity contribution in [2.45, 2.75) is 392 Å². The molecular formula is C70H142N2O6P+. The number of hydrogen-bond donors (Lipinski definition) is 3. The smallest absolute Gasteiger partial charge is 0.387 e. The van der Waals surface area contributed by atoms with Gasteiger partial charge in [-0.15, -0.1) is 0 Å². The topological polar surface area (TPSA) is 105 Å². The lowest BCUT2D eigenvalue weighted by Crippen LogP contribution is -2.45. The van der Waals surface area contributed by atoms with Crippen LogP contribution in [0.5, 0.6) is 0 Å². The number of rotatable bonds is 67. The summed E-state index contributed by atoms with van der Waals surface area (Å²) in [5, 5.41) is 14.0. The molecule has 0 spiro atoms. The highest BCUT2D eigenvalue weighted by Gasteiger charge is 2.28. The van der Waals surface area contributed by atoms with Crippen LogP contribution in [0.15, 0.2) is 12.2 Å². The summed E-state index contributed by atoms with van der Waals surface area (Å²) in [5.41, 5.74) is 0. The molecule has 1 amide bonds. The van der Waals surface area contributed by atoms with Crippen LogP contribution in [0, 0.1) is 0 Å². The minimum atomic E-state index is -4.35. The average molecular weight is 1140 g/mol. The van der Waals surface area contributed by atoms with Gasteiger partial charge >= 0.3 is 7.82 Å². The minimum Gasteiger partial charge on any atom is -0.387 e. The van der Waals surface area contributed by atoms with E-state index >= 15 is 0 Å². The lowest BCUT2D eigenvalue weighted by atomic mass is 10.0. The van der Waals surface area contributed by atoms with E-state index in [0.717, 1.165) is 32.1 Å². The zero-order valence-electron chi connectivity index (χ0n) is 54.2. The summed E-state index contributed by atoms with van der Waals surface area (Å²) in [7, 11) is 1.60. The molecule has 8 nitrogen and oxygen atoms in total. The Labute approximate surface area is 494 Å². The van der Waals surface area contributed by atoms with Crippen molar-refractivity contribution in [3.8, 4) is 0 Å². The largest absolute Gasteiger partial charge is 0.472 e. The van der Waals surface area contributed by atoms with E-state index in [9.17, 15) is 19.4 Å². The van der Waals surface area contributed by atoms with E-state index in [1.165, 1.54) is 327 Å². The van der Waals surface area contributed by atoms with Crippen LogP contribution in [0.4, 0.5) is 0 Å². The third-order valence-corrected chi connectivity index (χ3v) is 17.7. The van der Waals surface area contributed by atoms with Gasteiger partial charge in [-0.25, -0.2) is 4.57 Å². The third-order valence-electron chi connectivity index (χ3n) is 16.8. The first-order chi connectivity index (χ1) is 38.5. The summed E-state index contributed by atoms with van der Waals surface area (Å²) in [6.07, 6.45) is 79.4. The fourth-order valence-electron chi connectivity index (χ4n) is 11.2. The number of carbonyl (C=O) groups excluding carboxylic acids is 1. The Morgan fingerprint density at radius 2 is 0.671 bits per heavy atom. The molecule has 0 aromatic rings. The Balaban J connectivity index is 4.01. The summed E-state index contributed by atoms with van der Waals surface area (Å²) in [6.45, 7) is 4.89. The zero-order valence-corrected chi connectivity index (χ0v) is 55.1. The summed E-state index contributed by atoms with van der Waals surface area (Å²) < 4.78 is 23.8. The average Bonchev–Trinajstić information content (AvgIpc) is 3.42. The number of phosphoric acid groups is 1. The third kappa shape index (κ3) is 64.7. The van der Waals surface area contributed by atoms with Gasteiger partial charge in [0.2, 0.25) is 5.91 Å². The second kappa shape index (κ2) is 61.8. The van der Waals surface area contributed by atoms with Gasteiger partial charge in [0, 0.05) is 6.42 Å². The molecular weight excluding hydrogens is 996 g/mol. The van der Waals surface area contributed by atoms with Gasteiger partial charge in [-0.05, 0) is 19.3 Å². The number of phosphoric ester groups is 1. The lowest BCUT2D eigenvalue weighted by Gasteiger charge is -2.25. The maximum absolute atomic E-state index is 13.0. The molecule has 0 radical (unpaired) electrons. The van der Waals surface area contributed by atoms with Crippen molar-refractivity contribution in [1.29, 1.82) is 0 Å². The second-order valence-corrected chi connectivity index (χ2v) is 27.4. The van der Waals surface area contributed by atoms with Gasteiger partial charge < -0.3 is 19.8 Å². The first kappa shape index (κ1) is 78.2. The molecule has 3 atom stereocenters. The molecule has 0 aliphatic carbocycles. The number of nitrogens with one attached hydrogen (secondary N) is 1. The second-order valence-electron chi connectivity index (χ2n) is 26.0. The number of quaternary nitrogens is 1. The van der Waals surface area contributed by atoms with E-state index in [2.05, 4.69) is 19.2 Å². The van der Waals surface area contributed by atoms with Crippen LogP contribution in [0.3, 0.4) is 0 Å². The van der Waals surface area contributed by atoms with Gasteiger partial charge in [0.15, 0.2) is 0 Å². The molecule has 0 aliphatic heterocycles. The van der Waals surface area contributed by atoms with Crippen LogP contribution in [-0.4, -0.2) is 73.4 Å². The van der Waals surface area contributed by atoms with Gasteiger partial charge in [0.1, 0.15) is 13.2 Å². The molecule has 0 saturated carbocycles. The van der Waals surface area contributed by atoms with Gasteiger partial charge in [-0.3, -0.25) is 13.8 Å². The molecule has 0 rings (SSSR count). The number of allylic oxidation sites excluding steroid dienone is 1. The van der Waals surface area contributed by atoms with Crippen LogP contribution in [0.2, 0.25) is 0 Å². The molecule has 0 fully saturated rings. The number of aliphatic hydroxyl groups is 1. The molecule has 0 saturated heterocycles. The Hall–Kier alpha value is -0.760. The predicted molar refractivity (Wildman–Crippen MR) is 346 cm³/mol. The van der Waals surface area contributed by atoms with Crippen molar-refractivity contribution in [3.05, 3.63) is 12.2 Å². The number of aliphatic hydroxyl groups excluding tert-OH is 1. The molecule has 79 heavy (non-hydrogen) atoms. The highest BCUT2D eigenvalue weighted by Crippen LogP contribution is 2.43. The minimum absolute atomic E-state index is 0.0655. The van der Waals surface area contributed by atoms with Crippen LogP contribution in [0.1, 0.15) is 380 Å². The molecule has 3 unspecified atom stereocenters. The van der Waals surface area contributed by atoms with Crippen LogP contribution in [-0.2, 0) is 18.4 Å². The van der Waals surface area contributed by atoms with Crippen molar-refractivity contribution in [1.82, 2.24) is 5.32 Å². The fraction of sp³-hybridized carbons (Fsp3) is 0.957. The van der Waals surface area contributed by atoms with Crippen molar-refractivity contribution in [2.24, 2.45) is 0 Å². The Kier molecular flexibility index (Phi) is 61.2. The van der Waals surface area contributed by atoms with E-state index < -0.39 is 20.0 Å². The van der Waals surface area contributed by atoms with Gasteiger partial charge in [-0.2, -0.15) is 0 Å². The normalized spacial score (nSPS) is 13.7. The first-order valence-corrected chi connectivity index (χ1v) is 37.1. The molecule has 0 aromatic heterocycles. The number of unbranched alkanes of at least 4 members (excludes halogenated alkanes) is 54. The number of nitrogens with zero attached hydrogens (tertiary/aromatic N) is 1. The van der Waals surface area contributed by atoms with Crippen molar-refractivity contribution >= 4 is 13.7 Å². The maximum Gasteiger partial charge on any atom is 0.472 e. The molecule has 3 N–H and O–H groups in total. The van der Waals surface area contributed by atoms with E-state index in [0.29, 0.717) is 17.4 Å². The molecule has 472 valence electrons. The van der Waals surface area contributed by atoms with Gasteiger partial charge in [0.05, 0.1) is 39.9 Å². The van der Waals surface area contributed by atoms with Crippen molar-refractivity contribution in [3.63, 3.8) is 0 Å². The fourth-order valence-corrected chi connectivity index (χ4v) is 12.0. The number of likely N-dealkylation sites (N-methyl/N-ethyl adjacent to an activating group) is 1. The van der Waals surface area contributed by atoms with E-state index in [1.54, 1.807) is 6.08 Å². The van der Waals surface area contributed by atoms with Crippen LogP contribution >= 0.6 is 7.82 Å². The van der Waals surface area contributed by atoms with E-state index in [-0.39, 0.29) is 19.1 Å². The molecule has 0 aromatic carbocycles. The SMILES string of the molecule is CCCCCCCCCCCCCCCCCCCCCCCCCCCCCCCC/C=C/C(O)C(COP(=O)(O)OCC[N+](C)(C)C)NC(=O)CCCCCCCCCCCCCCCCCCCCCCCCCCC. The molecule has 0 aliphatic rings. The predicted octanol–water partition coefficient (Wildman–Crippen LogP) is 22.5. The van der Waals surface area contributed by atoms with Crippen molar-refractivity contribution < 1.29 is 32.9 Å². The zero-order chi connectivity index (χ0) is 57.7. The lowest BCUT2D eigenvalue weighted by molar-refractivity contribution is -0.870. The quantitative estimate of drug-likeness (QED) is 0.0243. The van der Waals surface area contributed by atoms with Gasteiger partial charge in [0.25, 0.3) is 0 Å². The number of carbonyl (C=O) groups is 1. The molecule has 0 bridgehead atoms. The van der Waals surface area contributed by atoms with Crippen LogP contribution in [0.25, 0.3) is 0 Å². The summed E-state index contributed by atoms with van der Waals surface area (Å²) >= 11 is 0. The highest BCUT2D eigenvalue weighted by atomic mass is 31.2. The standard InChI is InChI=1S/C70H141N2O6P/c1-6-8-10-12-14-16-18-20-22-24-26-28-30-32-33-34-35-36-37-38-40-41-43-45-47-49-51-53-55-57-59-61-63-69(73)68(67-78-79(75,76)77-66-65-72(3,4)5)71-70(74)64-62-60-58-56-54-52-50-48-46-44-42-39-31-29-27-25-23-21-19-17-15-13-11-9-7-2/h61,63,68-69,73H,6-60,62,64-67H2,1-5H3,(H-,71,74,75,76)/p+1/b63-61+. The first-order valence-electron chi connectivity index (χ1n) is 35.6. The Morgan fingerprint density at radius 3 is 0.937 bits per heavy atom. The monoisotopic (exact) mass is 1140 g/mol. The molecule has 9 heteroatoms.